The topological polar surface area (TPSA) is 78.9 Å². The molecule has 0 bridgehead atoms. The lowest BCUT2D eigenvalue weighted by Gasteiger charge is -2.31. The standard InChI is InChI=1S/C27H38Cl2N2O4/c1-26(2,3)35-25(34)30-20(16-24(32)33)18-27(4,5)17-19-8-6-10-22-21(19)9-7-11-23(22)31(14-12-28)15-13-29/h6-11,20H,12-18H2,1-5H3,(H,30,34)(H,32,33)/t20-/m1/s1. The molecule has 0 saturated heterocycles. The van der Waals surface area contributed by atoms with Crippen molar-refractivity contribution in [3.8, 4) is 0 Å². The number of carboxylic acid groups (broad SMARTS) is 1. The summed E-state index contributed by atoms with van der Waals surface area (Å²) in [5.41, 5.74) is 1.32. The van der Waals surface area contributed by atoms with Gasteiger partial charge in [-0.1, -0.05) is 44.2 Å². The van der Waals surface area contributed by atoms with Crippen LogP contribution in [-0.2, 0) is 16.0 Å². The number of carbonyl (C=O) groups excluding carboxylic acids is 1. The summed E-state index contributed by atoms with van der Waals surface area (Å²) in [6.07, 6.45) is 0.422. The van der Waals surface area contributed by atoms with Crippen molar-refractivity contribution in [2.45, 2.75) is 65.5 Å². The molecule has 2 aromatic carbocycles. The number of ether oxygens (including phenoxy) is 1. The number of benzene rings is 2. The van der Waals surface area contributed by atoms with Crippen molar-refractivity contribution < 1.29 is 19.4 Å². The van der Waals surface area contributed by atoms with Crippen molar-refractivity contribution in [1.29, 1.82) is 0 Å². The Kier molecular flexibility index (Phi) is 10.5. The van der Waals surface area contributed by atoms with Gasteiger partial charge in [-0.25, -0.2) is 4.79 Å². The molecule has 0 heterocycles. The number of anilines is 1. The van der Waals surface area contributed by atoms with E-state index in [4.69, 9.17) is 27.9 Å². The summed E-state index contributed by atoms with van der Waals surface area (Å²) in [7, 11) is 0. The molecule has 1 atom stereocenters. The predicted molar refractivity (Wildman–Crippen MR) is 145 cm³/mol. The van der Waals surface area contributed by atoms with E-state index in [0.29, 0.717) is 37.7 Å². The van der Waals surface area contributed by atoms with Gasteiger partial charge in [0.2, 0.25) is 0 Å². The first kappa shape index (κ1) is 29.1. The highest BCUT2D eigenvalue weighted by Gasteiger charge is 2.29. The number of alkyl carbamates (subject to hydrolysis) is 1. The van der Waals surface area contributed by atoms with Gasteiger partial charge in [-0.3, -0.25) is 4.79 Å². The molecule has 2 aromatic rings. The second-order valence-electron chi connectivity index (χ2n) is 10.6. The number of amides is 1. The van der Waals surface area contributed by atoms with Crippen LogP contribution in [-0.4, -0.2) is 53.7 Å². The number of rotatable bonds is 12. The largest absolute Gasteiger partial charge is 0.481 e. The second kappa shape index (κ2) is 12.7. The van der Waals surface area contributed by atoms with E-state index in [2.05, 4.69) is 48.3 Å². The lowest BCUT2D eigenvalue weighted by Crippen LogP contribution is -2.42. The third-order valence-corrected chi connectivity index (χ3v) is 5.99. The van der Waals surface area contributed by atoms with Crippen molar-refractivity contribution in [3.05, 3.63) is 42.0 Å². The molecule has 2 N–H and O–H groups in total. The van der Waals surface area contributed by atoms with Crippen molar-refractivity contribution in [2.75, 3.05) is 29.7 Å². The molecule has 1 amide bonds. The fourth-order valence-electron chi connectivity index (χ4n) is 4.46. The van der Waals surface area contributed by atoms with Crippen molar-refractivity contribution in [2.24, 2.45) is 5.41 Å². The Hall–Kier alpha value is -2.18. The summed E-state index contributed by atoms with van der Waals surface area (Å²) in [6, 6.07) is 11.9. The minimum Gasteiger partial charge on any atom is -0.481 e. The molecule has 6 nitrogen and oxygen atoms in total. The molecule has 8 heteroatoms. The van der Waals surface area contributed by atoms with Gasteiger partial charge in [0.05, 0.1) is 6.42 Å². The lowest BCUT2D eigenvalue weighted by atomic mass is 9.78. The Morgan fingerprint density at radius 3 is 2.17 bits per heavy atom. The summed E-state index contributed by atoms with van der Waals surface area (Å²) >= 11 is 12.1. The molecule has 0 aromatic heterocycles. The molecule has 0 spiro atoms. The molecule has 35 heavy (non-hydrogen) atoms. The van der Waals surface area contributed by atoms with Crippen LogP contribution in [0.5, 0.6) is 0 Å². The van der Waals surface area contributed by atoms with Gasteiger partial charge in [-0.2, -0.15) is 0 Å². The van der Waals surface area contributed by atoms with E-state index >= 15 is 0 Å². The number of hydrogen-bond donors (Lipinski definition) is 2. The quantitative estimate of drug-likeness (QED) is 0.312. The van der Waals surface area contributed by atoms with Gasteiger partial charge < -0.3 is 20.1 Å². The first-order valence-corrected chi connectivity index (χ1v) is 13.0. The molecule has 0 aliphatic rings. The van der Waals surface area contributed by atoms with Crippen LogP contribution in [0, 0.1) is 5.41 Å². The Morgan fingerprint density at radius 2 is 1.60 bits per heavy atom. The Labute approximate surface area is 218 Å². The van der Waals surface area contributed by atoms with Crippen molar-refractivity contribution >= 4 is 51.7 Å². The normalized spacial score (nSPS) is 12.9. The zero-order chi connectivity index (χ0) is 26.2. The molecule has 0 fully saturated rings. The third-order valence-electron chi connectivity index (χ3n) is 5.65. The average molecular weight is 526 g/mol. The average Bonchev–Trinajstić information content (AvgIpc) is 2.71. The molecular weight excluding hydrogens is 487 g/mol. The molecule has 0 saturated carbocycles. The van der Waals surface area contributed by atoms with Crippen LogP contribution < -0.4 is 10.2 Å². The fourth-order valence-corrected chi connectivity index (χ4v) is 4.87. The zero-order valence-electron chi connectivity index (χ0n) is 21.4. The summed E-state index contributed by atoms with van der Waals surface area (Å²) < 4.78 is 5.35. The molecule has 0 aliphatic carbocycles. The third kappa shape index (κ3) is 9.42. The van der Waals surface area contributed by atoms with Crippen molar-refractivity contribution in [3.63, 3.8) is 0 Å². The maximum atomic E-state index is 12.3. The number of fused-ring (bicyclic) bond motifs is 1. The minimum absolute atomic E-state index is 0.172. The lowest BCUT2D eigenvalue weighted by molar-refractivity contribution is -0.137. The molecular formula is C27H38Cl2N2O4. The summed E-state index contributed by atoms with van der Waals surface area (Å²) in [5, 5.41) is 14.4. The molecule has 194 valence electrons. The summed E-state index contributed by atoms with van der Waals surface area (Å²) in [4.78, 5) is 26.0. The van der Waals surface area contributed by atoms with Crippen LogP contribution >= 0.6 is 23.2 Å². The number of nitrogens with one attached hydrogen (secondary N) is 1. The number of halogens is 2. The van der Waals surface area contributed by atoms with Gasteiger partial charge in [0.25, 0.3) is 0 Å². The van der Waals surface area contributed by atoms with E-state index in [0.717, 1.165) is 22.0 Å². The number of alkyl halides is 2. The van der Waals surface area contributed by atoms with Crippen molar-refractivity contribution in [1.82, 2.24) is 5.32 Å². The highest BCUT2D eigenvalue weighted by Crippen LogP contribution is 2.35. The predicted octanol–water partition coefficient (Wildman–Crippen LogP) is 6.45. The first-order chi connectivity index (χ1) is 16.3. The number of carbonyl (C=O) groups is 2. The number of hydrogen-bond acceptors (Lipinski definition) is 4. The van der Waals surface area contributed by atoms with Crippen LogP contribution in [0.4, 0.5) is 10.5 Å². The summed E-state index contributed by atoms with van der Waals surface area (Å²) in [6.45, 7) is 10.9. The van der Waals surface area contributed by atoms with Gasteiger partial charge >= 0.3 is 12.1 Å². The van der Waals surface area contributed by atoms with E-state index < -0.39 is 23.7 Å². The molecule has 0 radical (unpaired) electrons. The number of carboxylic acids is 1. The first-order valence-electron chi connectivity index (χ1n) is 11.9. The highest BCUT2D eigenvalue weighted by molar-refractivity contribution is 6.18. The minimum atomic E-state index is -0.963. The monoisotopic (exact) mass is 524 g/mol. The van der Waals surface area contributed by atoms with Crippen LogP contribution in [0.1, 0.15) is 53.0 Å². The molecule has 0 aliphatic heterocycles. The van der Waals surface area contributed by atoms with Gasteiger partial charge in [0.1, 0.15) is 5.60 Å². The Bertz CT molecular complexity index is 998. The Morgan fingerprint density at radius 1 is 1.00 bits per heavy atom. The summed E-state index contributed by atoms with van der Waals surface area (Å²) in [5.74, 6) is 0.0564. The smallest absolute Gasteiger partial charge is 0.407 e. The highest BCUT2D eigenvalue weighted by atomic mass is 35.5. The van der Waals surface area contributed by atoms with Crippen LogP contribution in [0.25, 0.3) is 10.8 Å². The van der Waals surface area contributed by atoms with E-state index in [1.54, 1.807) is 20.8 Å². The van der Waals surface area contributed by atoms with Crippen LogP contribution in [0.3, 0.4) is 0 Å². The van der Waals surface area contributed by atoms with E-state index in [1.807, 2.05) is 12.1 Å². The van der Waals surface area contributed by atoms with Gasteiger partial charge in [-0.05, 0) is 56.0 Å². The number of aliphatic carboxylic acids is 1. The number of nitrogens with zero attached hydrogens (tertiary/aromatic N) is 1. The molecule has 2 rings (SSSR count). The van der Waals surface area contributed by atoms with Gasteiger partial charge in [-0.15, -0.1) is 23.2 Å². The SMILES string of the molecule is CC(C)(Cc1cccc2c(N(CCCl)CCCl)cccc12)C[C@@H](CC(=O)O)NC(=O)OC(C)(C)C. The zero-order valence-corrected chi connectivity index (χ0v) is 22.9. The van der Waals surface area contributed by atoms with Crippen LogP contribution in [0.2, 0.25) is 0 Å². The van der Waals surface area contributed by atoms with Crippen LogP contribution in [0.15, 0.2) is 36.4 Å². The van der Waals surface area contributed by atoms with E-state index in [1.165, 1.54) is 0 Å². The van der Waals surface area contributed by atoms with E-state index in [-0.39, 0.29) is 11.8 Å². The molecule has 0 unspecified atom stereocenters. The maximum absolute atomic E-state index is 12.3. The maximum Gasteiger partial charge on any atom is 0.407 e. The van der Waals surface area contributed by atoms with Gasteiger partial charge in [0.15, 0.2) is 0 Å². The van der Waals surface area contributed by atoms with Gasteiger partial charge in [0, 0.05) is 42.0 Å². The Balaban J connectivity index is 2.30. The van der Waals surface area contributed by atoms with E-state index in [9.17, 15) is 14.7 Å². The second-order valence-corrected chi connectivity index (χ2v) is 11.4. The fraction of sp³-hybridized carbons (Fsp3) is 0.556.